The van der Waals surface area contributed by atoms with E-state index in [0.717, 1.165) is 19.4 Å². The van der Waals surface area contributed by atoms with Crippen molar-refractivity contribution in [2.45, 2.75) is 37.8 Å². The highest BCUT2D eigenvalue weighted by Crippen LogP contribution is 2.26. The monoisotopic (exact) mass is 291 g/mol. The van der Waals surface area contributed by atoms with E-state index in [1.54, 1.807) is 18.2 Å². The number of hydrogen-bond donors (Lipinski definition) is 2. The van der Waals surface area contributed by atoms with Gasteiger partial charge in [-0.25, -0.2) is 4.39 Å². The number of rotatable bonds is 4. The highest BCUT2D eigenvalue weighted by atomic mass is 19.1. The minimum Gasteiger partial charge on any atom is -0.322 e. The normalized spacial score (nSPS) is 25.6. The molecule has 2 heterocycles. The molecular weight excluding hydrogens is 269 g/mol. The second kappa shape index (κ2) is 6.54. The van der Waals surface area contributed by atoms with Crippen LogP contribution in [0.25, 0.3) is 0 Å². The van der Waals surface area contributed by atoms with Gasteiger partial charge in [-0.1, -0.05) is 12.1 Å². The standard InChI is InChI=1S/C16H22FN3O/c17-14-5-1-2-6-15(14)19-16(21)11-18-12-7-9-20-8-3-4-13(20)10-12/h1-2,5-6,12-13,18H,3-4,7-11H2,(H,19,21). The first-order valence-corrected chi connectivity index (χ1v) is 7.74. The molecule has 0 spiro atoms. The number of para-hydroxylation sites is 1. The van der Waals surface area contributed by atoms with Crippen LogP contribution in [0.1, 0.15) is 25.7 Å². The minimum absolute atomic E-state index is 0.186. The SMILES string of the molecule is O=C(CNC1CCN2CCCC2C1)Nc1ccccc1F. The number of amides is 1. The van der Waals surface area contributed by atoms with Crippen LogP contribution in [-0.4, -0.2) is 42.5 Å². The second-order valence-electron chi connectivity index (χ2n) is 5.96. The Labute approximate surface area is 124 Å². The fourth-order valence-electron chi connectivity index (χ4n) is 3.40. The summed E-state index contributed by atoms with van der Waals surface area (Å²) < 4.78 is 13.5. The van der Waals surface area contributed by atoms with Gasteiger partial charge in [0, 0.05) is 12.1 Å². The van der Waals surface area contributed by atoms with Crippen molar-refractivity contribution in [1.82, 2.24) is 10.2 Å². The van der Waals surface area contributed by atoms with Gasteiger partial charge in [0.15, 0.2) is 0 Å². The Morgan fingerprint density at radius 2 is 2.14 bits per heavy atom. The third kappa shape index (κ3) is 3.60. The first kappa shape index (κ1) is 14.5. The van der Waals surface area contributed by atoms with Crippen LogP contribution in [-0.2, 0) is 4.79 Å². The van der Waals surface area contributed by atoms with Gasteiger partial charge in [0.05, 0.1) is 12.2 Å². The topological polar surface area (TPSA) is 44.4 Å². The van der Waals surface area contributed by atoms with Crippen LogP contribution in [0.4, 0.5) is 10.1 Å². The van der Waals surface area contributed by atoms with Crippen molar-refractivity contribution in [3.63, 3.8) is 0 Å². The summed E-state index contributed by atoms with van der Waals surface area (Å²) in [6.45, 7) is 2.59. The molecule has 1 aromatic rings. The first-order chi connectivity index (χ1) is 10.2. The largest absolute Gasteiger partial charge is 0.322 e. The number of piperidine rings is 1. The summed E-state index contributed by atoms with van der Waals surface area (Å²) in [7, 11) is 0. The summed E-state index contributed by atoms with van der Waals surface area (Å²) >= 11 is 0. The Hall–Kier alpha value is -1.46. The Morgan fingerprint density at radius 3 is 3.00 bits per heavy atom. The molecule has 2 N–H and O–H groups in total. The Morgan fingerprint density at radius 1 is 1.29 bits per heavy atom. The van der Waals surface area contributed by atoms with E-state index in [1.165, 1.54) is 25.5 Å². The quantitative estimate of drug-likeness (QED) is 0.891. The van der Waals surface area contributed by atoms with Gasteiger partial charge in [-0.15, -0.1) is 0 Å². The molecule has 4 nitrogen and oxygen atoms in total. The zero-order valence-corrected chi connectivity index (χ0v) is 12.1. The molecule has 2 aliphatic rings. The lowest BCUT2D eigenvalue weighted by Gasteiger charge is -2.35. The van der Waals surface area contributed by atoms with E-state index in [-0.39, 0.29) is 18.1 Å². The van der Waals surface area contributed by atoms with Crippen LogP contribution in [0, 0.1) is 5.82 Å². The maximum atomic E-state index is 13.5. The molecule has 0 radical (unpaired) electrons. The molecule has 3 rings (SSSR count). The van der Waals surface area contributed by atoms with Crippen molar-refractivity contribution in [3.05, 3.63) is 30.1 Å². The van der Waals surface area contributed by atoms with Gasteiger partial charge in [0.2, 0.25) is 5.91 Å². The zero-order chi connectivity index (χ0) is 14.7. The lowest BCUT2D eigenvalue weighted by Crippen LogP contribution is -2.47. The van der Waals surface area contributed by atoms with E-state index in [0.29, 0.717) is 12.1 Å². The third-order valence-corrected chi connectivity index (χ3v) is 4.52. The highest BCUT2D eigenvalue weighted by Gasteiger charge is 2.31. The number of nitrogens with one attached hydrogen (secondary N) is 2. The van der Waals surface area contributed by atoms with E-state index in [1.807, 2.05) is 0 Å². The molecule has 2 unspecified atom stereocenters. The Kier molecular flexibility index (Phi) is 4.51. The van der Waals surface area contributed by atoms with Gasteiger partial charge in [-0.05, 0) is 50.9 Å². The molecule has 21 heavy (non-hydrogen) atoms. The zero-order valence-electron chi connectivity index (χ0n) is 12.1. The fraction of sp³-hybridized carbons (Fsp3) is 0.562. The predicted molar refractivity (Wildman–Crippen MR) is 80.6 cm³/mol. The van der Waals surface area contributed by atoms with Gasteiger partial charge in [0.1, 0.15) is 5.82 Å². The maximum absolute atomic E-state index is 13.5. The average Bonchev–Trinajstić information content (AvgIpc) is 2.95. The molecule has 114 valence electrons. The minimum atomic E-state index is -0.398. The lowest BCUT2D eigenvalue weighted by molar-refractivity contribution is -0.115. The lowest BCUT2D eigenvalue weighted by atomic mass is 9.97. The molecule has 0 saturated carbocycles. The van der Waals surface area contributed by atoms with Crippen LogP contribution in [0.2, 0.25) is 0 Å². The van der Waals surface area contributed by atoms with Crippen molar-refractivity contribution in [2.75, 3.05) is 25.0 Å². The summed E-state index contributed by atoms with van der Waals surface area (Å²) in [5, 5.41) is 5.92. The van der Waals surface area contributed by atoms with Gasteiger partial charge >= 0.3 is 0 Å². The Bertz CT molecular complexity index is 508. The fourth-order valence-corrected chi connectivity index (χ4v) is 3.40. The summed E-state index contributed by atoms with van der Waals surface area (Å²) in [4.78, 5) is 14.4. The smallest absolute Gasteiger partial charge is 0.238 e. The molecule has 1 amide bonds. The van der Waals surface area contributed by atoms with Gasteiger partial charge in [-0.2, -0.15) is 0 Å². The number of carbonyl (C=O) groups is 1. The van der Waals surface area contributed by atoms with Crippen LogP contribution in [0.5, 0.6) is 0 Å². The summed E-state index contributed by atoms with van der Waals surface area (Å²) in [6, 6.07) is 7.32. The third-order valence-electron chi connectivity index (χ3n) is 4.52. The predicted octanol–water partition coefficient (Wildman–Crippen LogP) is 1.98. The molecule has 2 saturated heterocycles. The number of carbonyl (C=O) groups excluding carboxylic acids is 1. The van der Waals surface area contributed by atoms with E-state index in [2.05, 4.69) is 15.5 Å². The van der Waals surface area contributed by atoms with Gasteiger partial charge in [-0.3, -0.25) is 4.79 Å². The molecule has 5 heteroatoms. The number of hydrogen-bond acceptors (Lipinski definition) is 3. The molecule has 0 aromatic heterocycles. The molecule has 2 aliphatic heterocycles. The highest BCUT2D eigenvalue weighted by molar-refractivity contribution is 5.92. The number of halogens is 1. The van der Waals surface area contributed by atoms with E-state index in [4.69, 9.17) is 0 Å². The van der Waals surface area contributed by atoms with Crippen LogP contribution in [0.15, 0.2) is 24.3 Å². The second-order valence-corrected chi connectivity index (χ2v) is 5.96. The van der Waals surface area contributed by atoms with Crippen molar-refractivity contribution in [2.24, 2.45) is 0 Å². The van der Waals surface area contributed by atoms with Crippen molar-refractivity contribution < 1.29 is 9.18 Å². The van der Waals surface area contributed by atoms with Crippen molar-refractivity contribution in [3.8, 4) is 0 Å². The Balaban J connectivity index is 1.45. The van der Waals surface area contributed by atoms with Crippen molar-refractivity contribution >= 4 is 11.6 Å². The molecule has 1 aromatic carbocycles. The summed E-state index contributed by atoms with van der Waals surface area (Å²) in [5.74, 6) is -0.584. The molecule has 2 atom stereocenters. The van der Waals surface area contributed by atoms with Crippen LogP contribution >= 0.6 is 0 Å². The summed E-state index contributed by atoms with van der Waals surface area (Å²) in [5.41, 5.74) is 0.245. The number of nitrogens with zero attached hydrogens (tertiary/aromatic N) is 1. The van der Waals surface area contributed by atoms with E-state index < -0.39 is 5.82 Å². The molecule has 2 fully saturated rings. The molecular formula is C16H22FN3O. The van der Waals surface area contributed by atoms with E-state index in [9.17, 15) is 9.18 Å². The molecule has 0 bridgehead atoms. The van der Waals surface area contributed by atoms with Gasteiger partial charge < -0.3 is 15.5 Å². The van der Waals surface area contributed by atoms with Crippen LogP contribution < -0.4 is 10.6 Å². The number of benzene rings is 1. The summed E-state index contributed by atoms with van der Waals surface area (Å²) in [6.07, 6.45) is 4.78. The average molecular weight is 291 g/mol. The maximum Gasteiger partial charge on any atom is 0.238 e. The van der Waals surface area contributed by atoms with Gasteiger partial charge in [0.25, 0.3) is 0 Å². The van der Waals surface area contributed by atoms with E-state index >= 15 is 0 Å². The number of fused-ring (bicyclic) bond motifs is 1. The first-order valence-electron chi connectivity index (χ1n) is 7.74. The van der Waals surface area contributed by atoms with Crippen molar-refractivity contribution in [1.29, 1.82) is 0 Å². The molecule has 0 aliphatic carbocycles. The number of anilines is 1. The van der Waals surface area contributed by atoms with Crippen LogP contribution in [0.3, 0.4) is 0 Å².